The lowest BCUT2D eigenvalue weighted by Gasteiger charge is -2.21. The van der Waals surface area contributed by atoms with Crippen molar-refractivity contribution < 1.29 is 18.8 Å². The van der Waals surface area contributed by atoms with Crippen molar-refractivity contribution in [3.63, 3.8) is 0 Å². The van der Waals surface area contributed by atoms with Gasteiger partial charge >= 0.3 is 0 Å². The zero-order valence-corrected chi connectivity index (χ0v) is 11.1. The van der Waals surface area contributed by atoms with Crippen LogP contribution in [0, 0.1) is 0 Å². The molecular formula is C13H12ClFN2O3. The standard InChI is InChI=1S/C13H12ClFN2O3/c14-12(15)13(20)16-9-3-1-7(2-4-9)8-5-10(18)17-11(19)6-8/h1-4,8,12H,5-6H2,(H,16,20)(H,17,18,19). The van der Waals surface area contributed by atoms with Gasteiger partial charge in [0.1, 0.15) is 0 Å². The van der Waals surface area contributed by atoms with Crippen LogP contribution in [0.2, 0.25) is 0 Å². The second-order valence-electron chi connectivity index (χ2n) is 4.49. The summed E-state index contributed by atoms with van der Waals surface area (Å²) < 4.78 is 12.5. The van der Waals surface area contributed by atoms with E-state index >= 15 is 0 Å². The van der Waals surface area contributed by atoms with Gasteiger partial charge in [-0.3, -0.25) is 19.7 Å². The molecule has 5 nitrogen and oxygen atoms in total. The number of rotatable bonds is 3. The molecule has 1 saturated heterocycles. The molecule has 1 heterocycles. The molecule has 0 bridgehead atoms. The van der Waals surface area contributed by atoms with E-state index in [9.17, 15) is 18.8 Å². The van der Waals surface area contributed by atoms with Crippen LogP contribution in [0.25, 0.3) is 0 Å². The number of imide groups is 1. The lowest BCUT2D eigenvalue weighted by molar-refractivity contribution is -0.133. The van der Waals surface area contributed by atoms with Gasteiger partial charge in [0.2, 0.25) is 11.8 Å². The number of hydrogen-bond donors (Lipinski definition) is 2. The highest BCUT2D eigenvalue weighted by Crippen LogP contribution is 2.27. The minimum absolute atomic E-state index is 0.178. The zero-order chi connectivity index (χ0) is 14.7. The molecule has 20 heavy (non-hydrogen) atoms. The molecule has 1 fully saturated rings. The van der Waals surface area contributed by atoms with Gasteiger partial charge in [-0.15, -0.1) is 0 Å². The van der Waals surface area contributed by atoms with Crippen molar-refractivity contribution in [1.29, 1.82) is 0 Å². The number of piperidine rings is 1. The van der Waals surface area contributed by atoms with Gasteiger partial charge in [0, 0.05) is 24.4 Å². The molecule has 2 rings (SSSR count). The fraction of sp³-hybridized carbons (Fsp3) is 0.308. The molecule has 1 aliphatic heterocycles. The number of amides is 3. The normalized spacial score (nSPS) is 17.5. The molecular weight excluding hydrogens is 287 g/mol. The van der Waals surface area contributed by atoms with E-state index in [0.717, 1.165) is 5.56 Å². The Balaban J connectivity index is 2.06. The summed E-state index contributed by atoms with van der Waals surface area (Å²) in [6.45, 7) is 0. The molecule has 0 saturated carbocycles. The minimum Gasteiger partial charge on any atom is -0.322 e. The topological polar surface area (TPSA) is 75.3 Å². The third-order valence-electron chi connectivity index (χ3n) is 2.99. The lowest BCUT2D eigenvalue weighted by atomic mass is 9.89. The van der Waals surface area contributed by atoms with E-state index in [1.807, 2.05) is 0 Å². The third kappa shape index (κ3) is 3.54. The number of nitrogens with one attached hydrogen (secondary N) is 2. The summed E-state index contributed by atoms with van der Waals surface area (Å²) in [5.41, 5.74) is -0.892. The van der Waals surface area contributed by atoms with E-state index in [1.54, 1.807) is 24.3 Å². The van der Waals surface area contributed by atoms with Crippen LogP contribution in [-0.4, -0.2) is 23.4 Å². The predicted molar refractivity (Wildman–Crippen MR) is 70.9 cm³/mol. The second-order valence-corrected chi connectivity index (χ2v) is 4.87. The Hall–Kier alpha value is -1.95. The molecule has 1 atom stereocenters. The van der Waals surface area contributed by atoms with Gasteiger partial charge in [0.05, 0.1) is 0 Å². The van der Waals surface area contributed by atoms with E-state index in [1.165, 1.54) is 0 Å². The summed E-state index contributed by atoms with van der Waals surface area (Å²) in [7, 11) is 0. The minimum atomic E-state index is -2.10. The number of anilines is 1. The van der Waals surface area contributed by atoms with E-state index in [0.29, 0.717) is 5.69 Å². The van der Waals surface area contributed by atoms with Gasteiger partial charge in [0.15, 0.2) is 0 Å². The molecule has 1 aromatic rings. The highest BCUT2D eigenvalue weighted by molar-refractivity contribution is 6.31. The maximum absolute atomic E-state index is 12.5. The molecule has 0 aromatic heterocycles. The molecule has 1 unspecified atom stereocenters. The van der Waals surface area contributed by atoms with E-state index in [4.69, 9.17) is 11.6 Å². The van der Waals surface area contributed by atoms with Gasteiger partial charge < -0.3 is 5.32 Å². The number of alkyl halides is 2. The van der Waals surface area contributed by atoms with Gasteiger partial charge in [-0.2, -0.15) is 0 Å². The quantitative estimate of drug-likeness (QED) is 0.658. The first-order valence-electron chi connectivity index (χ1n) is 5.97. The average Bonchev–Trinajstić information content (AvgIpc) is 2.38. The van der Waals surface area contributed by atoms with Crippen molar-refractivity contribution in [1.82, 2.24) is 5.32 Å². The number of carbonyl (C=O) groups excluding carboxylic acids is 3. The smallest absolute Gasteiger partial charge is 0.274 e. The van der Waals surface area contributed by atoms with Crippen LogP contribution in [-0.2, 0) is 14.4 Å². The van der Waals surface area contributed by atoms with Crippen molar-refractivity contribution in [2.75, 3.05) is 5.32 Å². The first kappa shape index (κ1) is 14.5. The van der Waals surface area contributed by atoms with Gasteiger partial charge in [0.25, 0.3) is 11.5 Å². The summed E-state index contributed by atoms with van der Waals surface area (Å²) in [4.78, 5) is 33.7. The molecule has 0 radical (unpaired) electrons. The molecule has 7 heteroatoms. The fourth-order valence-electron chi connectivity index (χ4n) is 2.05. The zero-order valence-electron chi connectivity index (χ0n) is 10.4. The van der Waals surface area contributed by atoms with E-state index < -0.39 is 11.5 Å². The Morgan fingerprint density at radius 1 is 1.25 bits per heavy atom. The summed E-state index contributed by atoms with van der Waals surface area (Å²) in [6.07, 6.45) is 0.483. The summed E-state index contributed by atoms with van der Waals surface area (Å²) in [6, 6.07) is 6.52. The Bertz CT molecular complexity index is 529. The number of carbonyl (C=O) groups is 3. The Kier molecular flexibility index (Phi) is 4.34. The van der Waals surface area contributed by atoms with E-state index in [-0.39, 0.29) is 30.6 Å². The van der Waals surface area contributed by atoms with Crippen LogP contribution in [0.3, 0.4) is 0 Å². The molecule has 0 spiro atoms. The molecule has 1 aliphatic rings. The second kappa shape index (κ2) is 6.00. The van der Waals surface area contributed by atoms with Crippen LogP contribution in [0.15, 0.2) is 24.3 Å². The third-order valence-corrected chi connectivity index (χ3v) is 3.19. The van der Waals surface area contributed by atoms with Crippen molar-refractivity contribution in [3.8, 4) is 0 Å². The Labute approximate surface area is 119 Å². The summed E-state index contributed by atoms with van der Waals surface area (Å²) in [5, 5.41) is 4.53. The van der Waals surface area contributed by atoms with Crippen molar-refractivity contribution in [2.45, 2.75) is 24.4 Å². The van der Waals surface area contributed by atoms with Crippen molar-refractivity contribution >= 4 is 35.0 Å². The molecule has 1 aromatic carbocycles. The number of benzene rings is 1. The largest absolute Gasteiger partial charge is 0.322 e. The van der Waals surface area contributed by atoms with Crippen LogP contribution >= 0.6 is 11.6 Å². The van der Waals surface area contributed by atoms with Crippen molar-refractivity contribution in [2.24, 2.45) is 0 Å². The van der Waals surface area contributed by atoms with Crippen LogP contribution in [0.1, 0.15) is 24.3 Å². The number of halogens is 2. The SMILES string of the molecule is O=C1CC(c2ccc(NC(=O)C(F)Cl)cc2)CC(=O)N1. The van der Waals surface area contributed by atoms with Gasteiger partial charge in [-0.05, 0) is 17.7 Å². The molecule has 106 valence electrons. The first-order valence-corrected chi connectivity index (χ1v) is 6.41. The maximum Gasteiger partial charge on any atom is 0.274 e. The summed E-state index contributed by atoms with van der Waals surface area (Å²) >= 11 is 5.00. The molecule has 0 aliphatic carbocycles. The average molecular weight is 299 g/mol. The Morgan fingerprint density at radius 2 is 1.80 bits per heavy atom. The predicted octanol–water partition coefficient (Wildman–Crippen LogP) is 1.68. The first-order chi connectivity index (χ1) is 9.45. The molecule has 3 amide bonds. The van der Waals surface area contributed by atoms with Crippen molar-refractivity contribution in [3.05, 3.63) is 29.8 Å². The van der Waals surface area contributed by atoms with E-state index in [2.05, 4.69) is 10.6 Å². The van der Waals surface area contributed by atoms with Gasteiger partial charge in [-0.1, -0.05) is 23.7 Å². The van der Waals surface area contributed by atoms with Crippen LogP contribution in [0.4, 0.5) is 10.1 Å². The van der Waals surface area contributed by atoms with Crippen LogP contribution < -0.4 is 10.6 Å². The lowest BCUT2D eigenvalue weighted by Crippen LogP contribution is -2.37. The maximum atomic E-state index is 12.5. The fourth-order valence-corrected chi connectivity index (χ4v) is 2.10. The monoisotopic (exact) mass is 298 g/mol. The number of hydrogen-bond acceptors (Lipinski definition) is 3. The summed E-state index contributed by atoms with van der Waals surface area (Å²) in [5.74, 6) is -1.72. The Morgan fingerprint density at radius 3 is 2.30 bits per heavy atom. The highest BCUT2D eigenvalue weighted by atomic mass is 35.5. The highest BCUT2D eigenvalue weighted by Gasteiger charge is 2.26. The van der Waals surface area contributed by atoms with Crippen LogP contribution in [0.5, 0.6) is 0 Å². The molecule has 2 N–H and O–H groups in total. The van der Waals surface area contributed by atoms with Gasteiger partial charge in [-0.25, -0.2) is 4.39 Å².